The number of aliphatic carboxylic acids is 1. The summed E-state index contributed by atoms with van der Waals surface area (Å²) in [6.45, 7) is 4.00. The zero-order chi connectivity index (χ0) is 13.8. The van der Waals surface area contributed by atoms with Gasteiger partial charge in [0.05, 0.1) is 11.1 Å². The molecule has 4 heteroatoms. The molecule has 0 atom stereocenters. The van der Waals surface area contributed by atoms with Crippen LogP contribution in [0, 0.1) is 0 Å². The minimum absolute atomic E-state index is 0.543. The van der Waals surface area contributed by atoms with Crippen molar-refractivity contribution in [3.8, 4) is 0 Å². The molecular weight excluding hydrogens is 294 g/mol. The standard InChI is InChI=1S/C14H20BrNO2/c1-3-8-14(9-4-2,13(17)18)10-6-5-7-11(15)12(10)16/h5-7H,3-4,8-9,16H2,1-2H3,(H,17,18). The van der Waals surface area contributed by atoms with Gasteiger partial charge in [0.15, 0.2) is 0 Å². The number of nitrogen functional groups attached to an aromatic ring is 1. The summed E-state index contributed by atoms with van der Waals surface area (Å²) in [4.78, 5) is 11.8. The molecule has 1 aromatic carbocycles. The molecule has 100 valence electrons. The van der Waals surface area contributed by atoms with Gasteiger partial charge in [-0.05, 0) is 40.4 Å². The third-order valence-corrected chi connectivity index (χ3v) is 4.02. The van der Waals surface area contributed by atoms with Gasteiger partial charge in [0.2, 0.25) is 0 Å². The number of hydrogen-bond acceptors (Lipinski definition) is 2. The van der Waals surface area contributed by atoms with Crippen molar-refractivity contribution in [1.82, 2.24) is 0 Å². The van der Waals surface area contributed by atoms with E-state index in [1.54, 1.807) is 0 Å². The van der Waals surface area contributed by atoms with Crippen LogP contribution in [0.2, 0.25) is 0 Å². The number of hydrogen-bond donors (Lipinski definition) is 2. The smallest absolute Gasteiger partial charge is 0.314 e. The van der Waals surface area contributed by atoms with Crippen LogP contribution in [-0.2, 0) is 10.2 Å². The Labute approximate surface area is 117 Å². The first kappa shape index (κ1) is 15.0. The number of carboxylic acids is 1. The highest BCUT2D eigenvalue weighted by atomic mass is 79.9. The van der Waals surface area contributed by atoms with E-state index in [9.17, 15) is 9.90 Å². The van der Waals surface area contributed by atoms with Gasteiger partial charge < -0.3 is 10.8 Å². The maximum absolute atomic E-state index is 11.8. The Morgan fingerprint density at radius 1 is 1.33 bits per heavy atom. The zero-order valence-electron chi connectivity index (χ0n) is 10.9. The molecule has 1 rings (SSSR count). The summed E-state index contributed by atoms with van der Waals surface area (Å²) in [6.07, 6.45) is 2.85. The van der Waals surface area contributed by atoms with Crippen LogP contribution >= 0.6 is 15.9 Å². The third-order valence-electron chi connectivity index (χ3n) is 3.33. The Bertz CT molecular complexity index is 426. The monoisotopic (exact) mass is 313 g/mol. The zero-order valence-corrected chi connectivity index (χ0v) is 12.5. The molecule has 0 aromatic heterocycles. The van der Waals surface area contributed by atoms with E-state index in [1.807, 2.05) is 32.0 Å². The average Bonchev–Trinajstić information content (AvgIpc) is 2.32. The number of anilines is 1. The first-order chi connectivity index (χ1) is 8.49. The van der Waals surface area contributed by atoms with Crippen molar-refractivity contribution in [2.24, 2.45) is 0 Å². The molecule has 3 N–H and O–H groups in total. The van der Waals surface area contributed by atoms with Crippen molar-refractivity contribution in [2.75, 3.05) is 5.73 Å². The lowest BCUT2D eigenvalue weighted by atomic mass is 9.73. The Morgan fingerprint density at radius 3 is 2.33 bits per heavy atom. The molecule has 0 spiro atoms. The quantitative estimate of drug-likeness (QED) is 0.781. The van der Waals surface area contributed by atoms with Gasteiger partial charge >= 0.3 is 5.97 Å². The van der Waals surface area contributed by atoms with E-state index in [-0.39, 0.29) is 0 Å². The Kier molecular flexibility index (Phi) is 5.20. The summed E-state index contributed by atoms with van der Waals surface area (Å²) in [6, 6.07) is 5.52. The second-order valence-corrected chi connectivity index (χ2v) is 5.44. The molecule has 0 aliphatic heterocycles. The van der Waals surface area contributed by atoms with Gasteiger partial charge in [-0.2, -0.15) is 0 Å². The first-order valence-electron chi connectivity index (χ1n) is 6.27. The number of carbonyl (C=O) groups is 1. The van der Waals surface area contributed by atoms with Crippen molar-refractivity contribution in [3.63, 3.8) is 0 Å². The highest BCUT2D eigenvalue weighted by Gasteiger charge is 2.40. The maximum atomic E-state index is 11.8. The van der Waals surface area contributed by atoms with Gasteiger partial charge in [0.25, 0.3) is 0 Å². The predicted molar refractivity (Wildman–Crippen MR) is 77.7 cm³/mol. The summed E-state index contributed by atoms with van der Waals surface area (Å²) in [5, 5.41) is 9.68. The van der Waals surface area contributed by atoms with Gasteiger partial charge in [-0.1, -0.05) is 38.8 Å². The van der Waals surface area contributed by atoms with Crippen LogP contribution in [0.5, 0.6) is 0 Å². The van der Waals surface area contributed by atoms with Gasteiger partial charge in [0, 0.05) is 4.47 Å². The minimum Gasteiger partial charge on any atom is -0.481 e. The molecule has 0 radical (unpaired) electrons. The van der Waals surface area contributed by atoms with Crippen molar-refractivity contribution in [3.05, 3.63) is 28.2 Å². The molecular formula is C14H20BrNO2. The number of nitrogens with two attached hydrogens (primary N) is 1. The molecule has 1 aromatic rings. The molecule has 18 heavy (non-hydrogen) atoms. The van der Waals surface area contributed by atoms with Crippen LogP contribution in [0.25, 0.3) is 0 Å². The molecule has 0 bridgehead atoms. The van der Waals surface area contributed by atoms with Crippen molar-refractivity contribution in [2.45, 2.75) is 44.9 Å². The average molecular weight is 314 g/mol. The molecule has 3 nitrogen and oxygen atoms in total. The largest absolute Gasteiger partial charge is 0.481 e. The van der Waals surface area contributed by atoms with Crippen LogP contribution in [-0.4, -0.2) is 11.1 Å². The summed E-state index contributed by atoms with van der Waals surface area (Å²) in [5.41, 5.74) is 6.47. The van der Waals surface area contributed by atoms with Gasteiger partial charge in [-0.15, -0.1) is 0 Å². The van der Waals surface area contributed by atoms with Gasteiger partial charge in [-0.3, -0.25) is 4.79 Å². The predicted octanol–water partition coefficient (Wildman–Crippen LogP) is 3.95. The normalized spacial score (nSPS) is 11.5. The minimum atomic E-state index is -0.864. The lowest BCUT2D eigenvalue weighted by Crippen LogP contribution is -2.36. The summed E-state index contributed by atoms with van der Waals surface area (Å²) in [7, 11) is 0. The van der Waals surface area contributed by atoms with Crippen molar-refractivity contribution < 1.29 is 9.90 Å². The highest BCUT2D eigenvalue weighted by molar-refractivity contribution is 9.10. The number of carboxylic acid groups (broad SMARTS) is 1. The Morgan fingerprint density at radius 2 is 1.89 bits per heavy atom. The maximum Gasteiger partial charge on any atom is 0.314 e. The van der Waals surface area contributed by atoms with E-state index < -0.39 is 11.4 Å². The Balaban J connectivity index is 3.40. The van der Waals surface area contributed by atoms with Crippen LogP contribution in [0.3, 0.4) is 0 Å². The van der Waals surface area contributed by atoms with E-state index in [0.29, 0.717) is 18.5 Å². The second-order valence-electron chi connectivity index (χ2n) is 4.59. The molecule has 0 saturated heterocycles. The molecule has 0 unspecified atom stereocenters. The molecule has 0 aliphatic rings. The molecule has 0 aliphatic carbocycles. The molecule has 0 heterocycles. The second kappa shape index (κ2) is 6.23. The fourth-order valence-electron chi connectivity index (χ4n) is 2.53. The number of rotatable bonds is 6. The first-order valence-corrected chi connectivity index (χ1v) is 7.06. The van der Waals surface area contributed by atoms with Crippen molar-refractivity contribution in [1.29, 1.82) is 0 Å². The number of para-hydroxylation sites is 1. The van der Waals surface area contributed by atoms with Crippen molar-refractivity contribution >= 4 is 27.6 Å². The van der Waals surface area contributed by atoms with Crippen LogP contribution in [0.1, 0.15) is 45.1 Å². The van der Waals surface area contributed by atoms with Crippen LogP contribution in [0.15, 0.2) is 22.7 Å². The van der Waals surface area contributed by atoms with Gasteiger partial charge in [-0.25, -0.2) is 0 Å². The van der Waals surface area contributed by atoms with E-state index >= 15 is 0 Å². The van der Waals surface area contributed by atoms with Crippen LogP contribution < -0.4 is 5.73 Å². The van der Waals surface area contributed by atoms with Gasteiger partial charge in [0.1, 0.15) is 0 Å². The number of halogens is 1. The van der Waals surface area contributed by atoms with E-state index in [1.165, 1.54) is 0 Å². The lowest BCUT2D eigenvalue weighted by molar-refractivity contribution is -0.144. The fraction of sp³-hybridized carbons (Fsp3) is 0.500. The summed E-state index contributed by atoms with van der Waals surface area (Å²) >= 11 is 3.37. The SMILES string of the molecule is CCCC(CCC)(C(=O)O)c1cccc(Br)c1N. The Hall–Kier alpha value is -1.03. The fourth-order valence-corrected chi connectivity index (χ4v) is 2.90. The summed E-state index contributed by atoms with van der Waals surface area (Å²) < 4.78 is 0.762. The topological polar surface area (TPSA) is 63.3 Å². The number of benzene rings is 1. The molecule has 0 fully saturated rings. The van der Waals surface area contributed by atoms with E-state index in [0.717, 1.165) is 22.9 Å². The lowest BCUT2D eigenvalue weighted by Gasteiger charge is -2.31. The highest BCUT2D eigenvalue weighted by Crippen LogP contribution is 2.40. The van der Waals surface area contributed by atoms with Crippen LogP contribution in [0.4, 0.5) is 5.69 Å². The van der Waals surface area contributed by atoms with E-state index in [4.69, 9.17) is 5.73 Å². The summed E-state index contributed by atoms with van der Waals surface area (Å²) in [5.74, 6) is -0.781. The third kappa shape index (κ3) is 2.69. The molecule has 0 amide bonds. The van der Waals surface area contributed by atoms with E-state index in [2.05, 4.69) is 15.9 Å². The molecule has 0 saturated carbocycles.